The second-order valence-electron chi connectivity index (χ2n) is 4.16. The Labute approximate surface area is 96.1 Å². The summed E-state index contributed by atoms with van der Waals surface area (Å²) in [6, 6.07) is 5.30. The predicted molar refractivity (Wildman–Crippen MR) is 54.6 cm³/mol. The van der Waals surface area contributed by atoms with Gasteiger partial charge in [-0.3, -0.25) is 0 Å². The largest absolute Gasteiger partial charge is 0.414 e. The molecule has 0 aromatic heterocycles. The van der Waals surface area contributed by atoms with Gasteiger partial charge >= 0.3 is 6.18 Å². The quantitative estimate of drug-likeness (QED) is 0.810. The third-order valence-corrected chi connectivity index (χ3v) is 2.48. The van der Waals surface area contributed by atoms with Gasteiger partial charge in [-0.15, -0.1) is 0 Å². The van der Waals surface area contributed by atoms with Crippen LogP contribution in [0.3, 0.4) is 0 Å². The summed E-state index contributed by atoms with van der Waals surface area (Å²) in [5.41, 5.74) is 4.00. The number of aliphatic hydroxyl groups excluding tert-OH is 1. The Balaban J connectivity index is 2.93. The van der Waals surface area contributed by atoms with E-state index < -0.39 is 30.1 Å². The summed E-state index contributed by atoms with van der Waals surface area (Å²) in [6.45, 7) is 1.25. The molecule has 2 nitrogen and oxygen atoms in total. The molecule has 1 rings (SSSR count). The number of aliphatic hydroxyl groups is 1. The van der Waals surface area contributed by atoms with Crippen LogP contribution in [0.25, 0.3) is 0 Å². The minimum absolute atomic E-state index is 0.0525. The summed E-state index contributed by atoms with van der Waals surface area (Å²) in [5, 5.41) is 8.95. The summed E-state index contributed by atoms with van der Waals surface area (Å²) >= 11 is 0. The Kier molecular flexibility index (Phi) is 3.78. The first-order valence-electron chi connectivity index (χ1n) is 4.93. The number of rotatable bonds is 3. The van der Waals surface area contributed by atoms with Gasteiger partial charge in [-0.05, 0) is 13.0 Å². The van der Waals surface area contributed by atoms with Gasteiger partial charge in [0.15, 0.2) is 6.10 Å². The van der Waals surface area contributed by atoms with Crippen molar-refractivity contribution >= 4 is 0 Å². The maximum Gasteiger partial charge on any atom is 0.414 e. The molecule has 1 aromatic carbocycles. The van der Waals surface area contributed by atoms with E-state index in [1.807, 2.05) is 0 Å². The van der Waals surface area contributed by atoms with E-state index >= 15 is 0 Å². The van der Waals surface area contributed by atoms with Crippen LogP contribution in [-0.2, 0) is 5.54 Å². The van der Waals surface area contributed by atoms with Gasteiger partial charge in [-0.25, -0.2) is 4.39 Å². The van der Waals surface area contributed by atoms with Crippen LogP contribution in [0.5, 0.6) is 0 Å². The SMILES string of the molecule is CC(N)(CC(O)C(F)(F)F)c1ccccc1F. The van der Waals surface area contributed by atoms with Crippen LogP contribution in [0, 0.1) is 5.82 Å². The highest BCUT2D eigenvalue weighted by Gasteiger charge is 2.42. The van der Waals surface area contributed by atoms with Crippen LogP contribution in [0.1, 0.15) is 18.9 Å². The minimum Gasteiger partial charge on any atom is -0.384 e. The van der Waals surface area contributed by atoms with Crippen molar-refractivity contribution in [2.24, 2.45) is 5.73 Å². The van der Waals surface area contributed by atoms with E-state index in [9.17, 15) is 17.6 Å². The van der Waals surface area contributed by atoms with Crippen LogP contribution >= 0.6 is 0 Å². The fourth-order valence-electron chi connectivity index (χ4n) is 1.55. The van der Waals surface area contributed by atoms with Crippen molar-refractivity contribution in [1.29, 1.82) is 0 Å². The summed E-state index contributed by atoms with van der Waals surface area (Å²) in [6.07, 6.45) is -8.12. The number of hydrogen-bond acceptors (Lipinski definition) is 2. The topological polar surface area (TPSA) is 46.2 Å². The Morgan fingerprint density at radius 1 is 1.29 bits per heavy atom. The molecule has 0 bridgehead atoms. The minimum atomic E-state index is -4.76. The lowest BCUT2D eigenvalue weighted by atomic mass is 9.87. The van der Waals surface area contributed by atoms with Gasteiger partial charge in [0, 0.05) is 17.5 Å². The molecule has 0 amide bonds. The first kappa shape index (κ1) is 13.9. The van der Waals surface area contributed by atoms with Crippen LogP contribution in [-0.4, -0.2) is 17.4 Å². The molecule has 0 radical (unpaired) electrons. The van der Waals surface area contributed by atoms with Crippen LogP contribution in [0.4, 0.5) is 17.6 Å². The normalized spacial score (nSPS) is 17.6. The van der Waals surface area contributed by atoms with Crippen molar-refractivity contribution < 1.29 is 22.7 Å². The summed E-state index contributed by atoms with van der Waals surface area (Å²) < 4.78 is 50.0. The number of halogens is 4. The monoisotopic (exact) mass is 251 g/mol. The zero-order valence-corrected chi connectivity index (χ0v) is 9.13. The van der Waals surface area contributed by atoms with E-state index in [4.69, 9.17) is 10.8 Å². The first-order chi connectivity index (χ1) is 7.64. The van der Waals surface area contributed by atoms with Crippen molar-refractivity contribution in [3.05, 3.63) is 35.6 Å². The summed E-state index contributed by atoms with van der Waals surface area (Å²) in [5.74, 6) is -0.688. The standard InChI is InChI=1S/C11H13F4NO/c1-10(16,6-9(17)11(13,14)15)7-4-2-3-5-8(7)12/h2-5,9,17H,6,16H2,1H3. The van der Waals surface area contributed by atoms with E-state index in [1.165, 1.54) is 25.1 Å². The van der Waals surface area contributed by atoms with Crippen LogP contribution in [0.15, 0.2) is 24.3 Å². The Morgan fingerprint density at radius 3 is 2.29 bits per heavy atom. The average Bonchev–Trinajstić information content (AvgIpc) is 2.15. The maximum absolute atomic E-state index is 13.4. The molecule has 1 aromatic rings. The lowest BCUT2D eigenvalue weighted by molar-refractivity contribution is -0.209. The molecule has 3 N–H and O–H groups in total. The smallest absolute Gasteiger partial charge is 0.384 e. The summed E-state index contributed by atoms with van der Waals surface area (Å²) in [7, 11) is 0. The number of hydrogen-bond donors (Lipinski definition) is 2. The Bertz CT molecular complexity index is 389. The third kappa shape index (κ3) is 3.41. The maximum atomic E-state index is 13.4. The highest BCUT2D eigenvalue weighted by Crippen LogP contribution is 2.31. The molecule has 2 atom stereocenters. The van der Waals surface area contributed by atoms with Gasteiger partial charge in [-0.2, -0.15) is 13.2 Å². The van der Waals surface area contributed by atoms with Gasteiger partial charge in [0.2, 0.25) is 0 Å². The number of nitrogens with two attached hydrogens (primary N) is 1. The van der Waals surface area contributed by atoms with E-state index in [0.717, 1.165) is 6.07 Å². The highest BCUT2D eigenvalue weighted by atomic mass is 19.4. The highest BCUT2D eigenvalue weighted by molar-refractivity contribution is 5.25. The molecule has 0 saturated carbocycles. The number of alkyl halides is 3. The van der Waals surface area contributed by atoms with Crippen LogP contribution in [0.2, 0.25) is 0 Å². The van der Waals surface area contributed by atoms with Gasteiger partial charge < -0.3 is 10.8 Å². The van der Waals surface area contributed by atoms with Gasteiger partial charge in [0.25, 0.3) is 0 Å². The zero-order chi connectivity index (χ0) is 13.3. The van der Waals surface area contributed by atoms with E-state index in [0.29, 0.717) is 0 Å². The molecule has 0 aliphatic rings. The van der Waals surface area contributed by atoms with Gasteiger partial charge in [0.1, 0.15) is 5.82 Å². The fourth-order valence-corrected chi connectivity index (χ4v) is 1.55. The molecule has 0 aliphatic heterocycles. The molecular weight excluding hydrogens is 238 g/mol. The molecule has 0 fully saturated rings. The predicted octanol–water partition coefficient (Wildman–Crippen LogP) is 2.31. The molecule has 6 heteroatoms. The summed E-state index contributed by atoms with van der Waals surface area (Å²) in [4.78, 5) is 0. The zero-order valence-electron chi connectivity index (χ0n) is 9.13. The second-order valence-corrected chi connectivity index (χ2v) is 4.16. The van der Waals surface area contributed by atoms with Crippen molar-refractivity contribution in [2.75, 3.05) is 0 Å². The third-order valence-electron chi connectivity index (χ3n) is 2.48. The molecule has 2 unspecified atom stereocenters. The molecule has 0 aliphatic carbocycles. The Morgan fingerprint density at radius 2 is 1.82 bits per heavy atom. The van der Waals surface area contributed by atoms with Crippen molar-refractivity contribution in [1.82, 2.24) is 0 Å². The van der Waals surface area contributed by atoms with Gasteiger partial charge in [-0.1, -0.05) is 18.2 Å². The molecular formula is C11H13F4NO. The number of benzene rings is 1. The molecule has 0 saturated heterocycles. The lowest BCUT2D eigenvalue weighted by Crippen LogP contribution is -2.42. The lowest BCUT2D eigenvalue weighted by Gasteiger charge is -2.29. The van der Waals surface area contributed by atoms with Crippen molar-refractivity contribution in [3.63, 3.8) is 0 Å². The Hall–Kier alpha value is -1.14. The molecule has 96 valence electrons. The van der Waals surface area contributed by atoms with Gasteiger partial charge in [0.05, 0.1) is 0 Å². The first-order valence-corrected chi connectivity index (χ1v) is 4.93. The molecule has 17 heavy (non-hydrogen) atoms. The molecule has 0 heterocycles. The van der Waals surface area contributed by atoms with E-state index in [2.05, 4.69) is 0 Å². The fraction of sp³-hybridized carbons (Fsp3) is 0.455. The average molecular weight is 251 g/mol. The van der Waals surface area contributed by atoms with Crippen molar-refractivity contribution in [2.45, 2.75) is 31.2 Å². The molecule has 0 spiro atoms. The van der Waals surface area contributed by atoms with E-state index in [-0.39, 0.29) is 5.56 Å². The van der Waals surface area contributed by atoms with Crippen LogP contribution < -0.4 is 5.73 Å². The van der Waals surface area contributed by atoms with Crippen molar-refractivity contribution in [3.8, 4) is 0 Å². The second kappa shape index (κ2) is 4.62. The van der Waals surface area contributed by atoms with E-state index in [1.54, 1.807) is 0 Å².